The molecule has 0 spiro atoms. The lowest BCUT2D eigenvalue weighted by atomic mass is 10.1. The monoisotopic (exact) mass is 290 g/mol. The van der Waals surface area contributed by atoms with E-state index in [1.807, 2.05) is 0 Å². The van der Waals surface area contributed by atoms with Gasteiger partial charge in [-0.3, -0.25) is 0 Å². The fourth-order valence-corrected chi connectivity index (χ4v) is 2.01. The second kappa shape index (κ2) is 6.90. The van der Waals surface area contributed by atoms with Crippen LogP contribution in [0.25, 0.3) is 11.0 Å². The second-order valence-corrected chi connectivity index (χ2v) is 4.65. The number of benzene rings is 1. The highest BCUT2D eigenvalue weighted by atomic mass is 16.4. The van der Waals surface area contributed by atoms with E-state index in [1.54, 1.807) is 6.07 Å². The average Bonchev–Trinajstić information content (AvgIpc) is 2.43. The molecule has 1 aromatic heterocycles. The summed E-state index contributed by atoms with van der Waals surface area (Å²) in [5.41, 5.74) is 0.193. The molecule has 0 amide bonds. The van der Waals surface area contributed by atoms with Gasteiger partial charge in [0.15, 0.2) is 0 Å². The molecule has 0 radical (unpaired) electrons. The summed E-state index contributed by atoms with van der Waals surface area (Å²) in [6, 6.07) is 5.67. The van der Waals surface area contributed by atoms with E-state index in [1.165, 1.54) is 18.2 Å². The largest absolute Gasteiger partial charge is 0.862 e. The Hall–Kier alpha value is -2.34. The van der Waals surface area contributed by atoms with Gasteiger partial charge in [-0.25, -0.2) is 4.79 Å². The van der Waals surface area contributed by atoms with Gasteiger partial charge in [0, 0.05) is 37.1 Å². The molecule has 0 aliphatic rings. The van der Waals surface area contributed by atoms with Crippen LogP contribution >= 0.6 is 0 Å². The molecule has 0 saturated heterocycles. The van der Waals surface area contributed by atoms with E-state index in [0.717, 1.165) is 0 Å². The fraction of sp³-hybridized carbons (Fsp3) is 0.333. The van der Waals surface area contributed by atoms with Crippen LogP contribution in [0.3, 0.4) is 0 Å². The summed E-state index contributed by atoms with van der Waals surface area (Å²) in [5, 5.41) is 30.4. The number of nitrogens with zero attached hydrogens (tertiary/aromatic N) is 1. The Bertz CT molecular complexity index is 705. The molecule has 6 heteroatoms. The Morgan fingerprint density at radius 2 is 2.10 bits per heavy atom. The summed E-state index contributed by atoms with van der Waals surface area (Å²) in [4.78, 5) is 15.4. The number of aliphatic hydroxyl groups is 1. The first-order valence-electron chi connectivity index (χ1n) is 6.67. The number of hydrogen-bond acceptors (Lipinski definition) is 6. The van der Waals surface area contributed by atoms with Crippen LogP contribution in [0.2, 0.25) is 0 Å². The van der Waals surface area contributed by atoms with Gasteiger partial charge < -0.3 is 24.7 Å². The van der Waals surface area contributed by atoms with Gasteiger partial charge in [0.05, 0.1) is 0 Å². The maximum Gasteiger partial charge on any atom is 0.336 e. The van der Waals surface area contributed by atoms with Gasteiger partial charge in [0.1, 0.15) is 11.3 Å². The normalized spacial score (nSPS) is 12.0. The molecule has 1 heterocycles. The van der Waals surface area contributed by atoms with E-state index < -0.39 is 5.63 Å². The van der Waals surface area contributed by atoms with Gasteiger partial charge in [-0.1, -0.05) is 0 Å². The van der Waals surface area contributed by atoms with Crippen LogP contribution in [0.5, 0.6) is 5.75 Å². The Labute approximate surface area is 121 Å². The molecule has 0 unspecified atom stereocenters. The Morgan fingerprint density at radius 3 is 2.86 bits per heavy atom. The molecule has 2 rings (SSSR count). The third-order valence-corrected chi connectivity index (χ3v) is 3.01. The van der Waals surface area contributed by atoms with Crippen molar-refractivity contribution in [3.05, 3.63) is 40.2 Å². The van der Waals surface area contributed by atoms with Gasteiger partial charge in [-0.05, 0) is 36.4 Å². The SMILES string of the molecule is O=c1cc(CC([O-])=NCCCCO)c2ccc(O)cc2o1. The minimum absolute atomic E-state index is 0.00595. The van der Waals surface area contributed by atoms with Crippen molar-refractivity contribution in [1.29, 1.82) is 0 Å². The number of rotatable bonds is 6. The molecule has 0 fully saturated rings. The quantitative estimate of drug-likeness (QED) is 0.350. The van der Waals surface area contributed by atoms with Crippen molar-refractivity contribution in [1.82, 2.24) is 0 Å². The highest BCUT2D eigenvalue weighted by Crippen LogP contribution is 2.22. The molecule has 0 aliphatic heterocycles. The molecule has 2 N–H and O–H groups in total. The van der Waals surface area contributed by atoms with E-state index in [0.29, 0.717) is 30.3 Å². The molecule has 112 valence electrons. The van der Waals surface area contributed by atoms with Gasteiger partial charge in [0.2, 0.25) is 0 Å². The van der Waals surface area contributed by atoms with Crippen molar-refractivity contribution in [2.75, 3.05) is 13.2 Å². The molecule has 0 aliphatic carbocycles. The number of hydrogen-bond donors (Lipinski definition) is 2. The number of unbranched alkanes of at least 4 members (excludes halogenated alkanes) is 1. The maximum absolute atomic E-state index is 11.8. The van der Waals surface area contributed by atoms with Crippen molar-refractivity contribution < 1.29 is 19.7 Å². The predicted octanol–water partition coefficient (Wildman–Crippen LogP) is 0.572. The summed E-state index contributed by atoms with van der Waals surface area (Å²) in [5.74, 6) is -0.337. The minimum atomic E-state index is -0.573. The lowest BCUT2D eigenvalue weighted by Gasteiger charge is -2.12. The highest BCUT2D eigenvalue weighted by Gasteiger charge is 2.06. The standard InChI is InChI=1S/C15H17NO5/c17-6-2-1-5-16-14(19)7-10-8-15(20)21-13-9-11(18)3-4-12(10)13/h3-4,8-9,17-18H,1-2,5-7H2,(H,16,19)/p-1. The average molecular weight is 290 g/mol. The lowest BCUT2D eigenvalue weighted by molar-refractivity contribution is -0.218. The number of phenols is 1. The van der Waals surface area contributed by atoms with Gasteiger partial charge >= 0.3 is 5.63 Å². The van der Waals surface area contributed by atoms with Crippen molar-refractivity contribution in [2.45, 2.75) is 19.3 Å². The number of fused-ring (bicyclic) bond motifs is 1. The Kier molecular flexibility index (Phi) is 4.94. The van der Waals surface area contributed by atoms with Crippen molar-refractivity contribution >= 4 is 16.9 Å². The lowest BCUT2D eigenvalue weighted by Crippen LogP contribution is -2.21. The molecule has 0 bridgehead atoms. The van der Waals surface area contributed by atoms with E-state index in [2.05, 4.69) is 4.99 Å². The topological polar surface area (TPSA) is 106 Å². The molecule has 2 aromatic rings. The molecular formula is C15H16NO5-. The first-order valence-corrected chi connectivity index (χ1v) is 6.67. The molecule has 0 atom stereocenters. The second-order valence-electron chi connectivity index (χ2n) is 4.65. The molecule has 21 heavy (non-hydrogen) atoms. The maximum atomic E-state index is 11.8. The molecular weight excluding hydrogens is 274 g/mol. The van der Waals surface area contributed by atoms with Crippen LogP contribution in [-0.4, -0.2) is 29.3 Å². The highest BCUT2D eigenvalue weighted by molar-refractivity contribution is 5.86. The summed E-state index contributed by atoms with van der Waals surface area (Å²) in [7, 11) is 0. The Morgan fingerprint density at radius 1 is 1.29 bits per heavy atom. The Balaban J connectivity index is 2.23. The summed E-state index contributed by atoms with van der Waals surface area (Å²) >= 11 is 0. The summed E-state index contributed by atoms with van der Waals surface area (Å²) in [6.07, 6.45) is 1.26. The number of aromatic hydroxyl groups is 1. The third-order valence-electron chi connectivity index (χ3n) is 3.01. The van der Waals surface area contributed by atoms with Crippen LogP contribution in [0.1, 0.15) is 18.4 Å². The summed E-state index contributed by atoms with van der Waals surface area (Å²) < 4.78 is 4.99. The van der Waals surface area contributed by atoms with Gasteiger partial charge in [0.25, 0.3) is 0 Å². The first kappa shape index (κ1) is 15.1. The zero-order valence-corrected chi connectivity index (χ0v) is 11.4. The van der Waals surface area contributed by atoms with Crippen molar-refractivity contribution in [3.8, 4) is 5.75 Å². The number of phenolic OH excluding ortho intramolecular Hbond substituents is 1. The van der Waals surface area contributed by atoms with E-state index in [4.69, 9.17) is 9.52 Å². The number of aliphatic imine (C=N–C) groups is 1. The van der Waals surface area contributed by atoms with Crippen LogP contribution < -0.4 is 10.7 Å². The van der Waals surface area contributed by atoms with Crippen molar-refractivity contribution in [2.24, 2.45) is 4.99 Å². The van der Waals surface area contributed by atoms with Crippen molar-refractivity contribution in [3.63, 3.8) is 0 Å². The molecule has 1 aromatic carbocycles. The van der Waals surface area contributed by atoms with Gasteiger partial charge in [-0.15, -0.1) is 0 Å². The van der Waals surface area contributed by atoms with E-state index >= 15 is 0 Å². The minimum Gasteiger partial charge on any atom is -0.862 e. The smallest absolute Gasteiger partial charge is 0.336 e. The zero-order chi connectivity index (χ0) is 15.2. The molecule has 0 saturated carbocycles. The fourth-order valence-electron chi connectivity index (χ4n) is 2.01. The molecule has 6 nitrogen and oxygen atoms in total. The first-order chi connectivity index (χ1) is 10.1. The van der Waals surface area contributed by atoms with Crippen LogP contribution in [0, 0.1) is 0 Å². The zero-order valence-electron chi connectivity index (χ0n) is 11.4. The van der Waals surface area contributed by atoms with Crippen LogP contribution in [0.4, 0.5) is 0 Å². The van der Waals surface area contributed by atoms with Crippen LogP contribution in [0.15, 0.2) is 38.5 Å². The van der Waals surface area contributed by atoms with E-state index in [9.17, 15) is 15.0 Å². The number of aliphatic hydroxyl groups excluding tert-OH is 1. The van der Waals surface area contributed by atoms with E-state index in [-0.39, 0.29) is 30.3 Å². The predicted molar refractivity (Wildman–Crippen MR) is 76.5 cm³/mol. The van der Waals surface area contributed by atoms with Gasteiger partial charge in [-0.2, -0.15) is 0 Å². The van der Waals surface area contributed by atoms with Crippen LogP contribution in [-0.2, 0) is 6.42 Å². The third kappa shape index (κ3) is 4.06. The summed E-state index contributed by atoms with van der Waals surface area (Å²) in [6.45, 7) is 0.442.